The van der Waals surface area contributed by atoms with Gasteiger partial charge in [-0.25, -0.2) is 0 Å². The van der Waals surface area contributed by atoms with Gasteiger partial charge in [-0.1, -0.05) is 0 Å². The van der Waals surface area contributed by atoms with Gasteiger partial charge < -0.3 is 5.11 Å². The zero-order valence-electron chi connectivity index (χ0n) is 8.18. The van der Waals surface area contributed by atoms with E-state index in [1.807, 2.05) is 4.68 Å². The van der Waals surface area contributed by atoms with Crippen molar-refractivity contribution >= 4 is 5.97 Å². The standard InChI is InChI=1S/C10H14N2O2/c1-7(10(13)14)9-5-6-11-12(9)8-3-2-4-8/h5-8H,2-4H2,1H3,(H,13,14). The first kappa shape index (κ1) is 9.24. The van der Waals surface area contributed by atoms with Gasteiger partial charge in [0.2, 0.25) is 0 Å². The highest BCUT2D eigenvalue weighted by Gasteiger charge is 2.26. The molecule has 0 amide bonds. The molecule has 76 valence electrons. The molecule has 4 heteroatoms. The summed E-state index contributed by atoms with van der Waals surface area (Å²) in [5, 5.41) is 13.1. The van der Waals surface area contributed by atoms with E-state index in [0.29, 0.717) is 6.04 Å². The van der Waals surface area contributed by atoms with E-state index in [4.69, 9.17) is 5.11 Å². The van der Waals surface area contributed by atoms with Crippen LogP contribution in [0.1, 0.15) is 43.8 Å². The molecular formula is C10H14N2O2. The van der Waals surface area contributed by atoms with Gasteiger partial charge >= 0.3 is 5.97 Å². The molecule has 0 aromatic carbocycles. The summed E-state index contributed by atoms with van der Waals surface area (Å²) in [6, 6.07) is 2.23. The van der Waals surface area contributed by atoms with Gasteiger partial charge in [-0.15, -0.1) is 0 Å². The molecule has 1 N–H and O–H groups in total. The van der Waals surface area contributed by atoms with Crippen molar-refractivity contribution in [2.45, 2.75) is 38.1 Å². The summed E-state index contributed by atoms with van der Waals surface area (Å²) in [5.74, 6) is -1.25. The van der Waals surface area contributed by atoms with Crippen molar-refractivity contribution in [3.8, 4) is 0 Å². The first-order valence-corrected chi connectivity index (χ1v) is 4.96. The molecule has 0 aliphatic heterocycles. The number of carboxylic acid groups (broad SMARTS) is 1. The number of carboxylic acids is 1. The summed E-state index contributed by atoms with van der Waals surface area (Å²) in [6.07, 6.45) is 5.17. The van der Waals surface area contributed by atoms with Crippen molar-refractivity contribution in [2.24, 2.45) is 0 Å². The highest BCUT2D eigenvalue weighted by Crippen LogP contribution is 2.33. The van der Waals surface area contributed by atoms with E-state index in [9.17, 15) is 4.79 Å². The minimum Gasteiger partial charge on any atom is -0.481 e. The van der Waals surface area contributed by atoms with Crippen LogP contribution in [0.25, 0.3) is 0 Å². The van der Waals surface area contributed by atoms with Crippen LogP contribution >= 0.6 is 0 Å². The topological polar surface area (TPSA) is 55.1 Å². The molecule has 0 spiro atoms. The Kier molecular flexibility index (Phi) is 2.27. The lowest BCUT2D eigenvalue weighted by Gasteiger charge is -2.28. The van der Waals surface area contributed by atoms with Crippen LogP contribution in [0, 0.1) is 0 Å². The predicted octanol–water partition coefficient (Wildman–Crippen LogP) is 1.80. The van der Waals surface area contributed by atoms with Gasteiger partial charge in [-0.3, -0.25) is 9.48 Å². The van der Waals surface area contributed by atoms with Gasteiger partial charge in [-0.2, -0.15) is 5.10 Å². The van der Waals surface area contributed by atoms with E-state index in [2.05, 4.69) is 5.10 Å². The lowest BCUT2D eigenvalue weighted by molar-refractivity contribution is -0.138. The number of rotatable bonds is 3. The predicted molar refractivity (Wildman–Crippen MR) is 51.2 cm³/mol. The molecule has 14 heavy (non-hydrogen) atoms. The number of aromatic nitrogens is 2. The van der Waals surface area contributed by atoms with E-state index in [1.54, 1.807) is 19.2 Å². The van der Waals surface area contributed by atoms with Crippen LogP contribution in [0.3, 0.4) is 0 Å². The second kappa shape index (κ2) is 3.44. The zero-order valence-corrected chi connectivity index (χ0v) is 8.18. The average Bonchev–Trinajstić information content (AvgIpc) is 2.48. The molecule has 1 unspecified atom stereocenters. The minimum atomic E-state index is -0.786. The number of hydrogen-bond acceptors (Lipinski definition) is 2. The van der Waals surface area contributed by atoms with Gasteiger partial charge in [0, 0.05) is 6.20 Å². The van der Waals surface area contributed by atoms with Crippen LogP contribution in [-0.4, -0.2) is 20.9 Å². The van der Waals surface area contributed by atoms with E-state index < -0.39 is 11.9 Å². The molecular weight excluding hydrogens is 180 g/mol. The Labute approximate surface area is 82.5 Å². The molecule has 1 aliphatic rings. The fraction of sp³-hybridized carbons (Fsp3) is 0.600. The zero-order chi connectivity index (χ0) is 10.1. The quantitative estimate of drug-likeness (QED) is 0.798. The first-order valence-electron chi connectivity index (χ1n) is 4.96. The Morgan fingerprint density at radius 3 is 2.93 bits per heavy atom. The summed E-state index contributed by atoms with van der Waals surface area (Å²) in [6.45, 7) is 1.70. The Morgan fingerprint density at radius 1 is 1.71 bits per heavy atom. The summed E-state index contributed by atoms with van der Waals surface area (Å²) in [7, 11) is 0. The fourth-order valence-corrected chi connectivity index (χ4v) is 1.73. The molecule has 0 radical (unpaired) electrons. The third-order valence-electron chi connectivity index (χ3n) is 2.94. The van der Waals surface area contributed by atoms with Crippen molar-refractivity contribution in [3.63, 3.8) is 0 Å². The van der Waals surface area contributed by atoms with Gasteiger partial charge in [0.15, 0.2) is 0 Å². The van der Waals surface area contributed by atoms with Crippen LogP contribution in [0.5, 0.6) is 0 Å². The number of hydrogen-bond donors (Lipinski definition) is 1. The van der Waals surface area contributed by atoms with Crippen LogP contribution in [0.2, 0.25) is 0 Å². The molecule has 1 aromatic rings. The molecule has 1 atom stereocenters. The number of nitrogens with zero attached hydrogens (tertiary/aromatic N) is 2. The van der Waals surface area contributed by atoms with Gasteiger partial charge in [-0.05, 0) is 32.3 Å². The van der Waals surface area contributed by atoms with E-state index in [1.165, 1.54) is 6.42 Å². The smallest absolute Gasteiger partial charge is 0.312 e. The van der Waals surface area contributed by atoms with Crippen LogP contribution in [0.15, 0.2) is 12.3 Å². The van der Waals surface area contributed by atoms with E-state index in [0.717, 1.165) is 18.5 Å². The summed E-state index contributed by atoms with van der Waals surface area (Å²) >= 11 is 0. The third kappa shape index (κ3) is 1.41. The van der Waals surface area contributed by atoms with Crippen LogP contribution in [-0.2, 0) is 4.79 Å². The molecule has 4 nitrogen and oxygen atoms in total. The summed E-state index contributed by atoms with van der Waals surface area (Å²) in [4.78, 5) is 10.8. The third-order valence-corrected chi connectivity index (χ3v) is 2.94. The molecule has 1 aliphatic carbocycles. The van der Waals surface area contributed by atoms with Gasteiger partial charge in [0.05, 0.1) is 17.7 Å². The highest BCUT2D eigenvalue weighted by atomic mass is 16.4. The number of carbonyl (C=O) groups is 1. The number of aliphatic carboxylic acids is 1. The molecule has 1 saturated carbocycles. The minimum absolute atomic E-state index is 0.432. The van der Waals surface area contributed by atoms with Crippen molar-refractivity contribution < 1.29 is 9.90 Å². The lowest BCUT2D eigenvalue weighted by atomic mass is 9.92. The van der Waals surface area contributed by atoms with Gasteiger partial charge in [0.1, 0.15) is 0 Å². The largest absolute Gasteiger partial charge is 0.481 e. The van der Waals surface area contributed by atoms with Crippen LogP contribution in [0.4, 0.5) is 0 Å². The molecule has 0 bridgehead atoms. The monoisotopic (exact) mass is 194 g/mol. The Bertz CT molecular complexity index is 342. The lowest BCUT2D eigenvalue weighted by Crippen LogP contribution is -2.23. The van der Waals surface area contributed by atoms with Crippen molar-refractivity contribution in [1.82, 2.24) is 9.78 Å². The second-order valence-corrected chi connectivity index (χ2v) is 3.85. The van der Waals surface area contributed by atoms with Gasteiger partial charge in [0.25, 0.3) is 0 Å². The molecule has 1 fully saturated rings. The molecule has 1 aromatic heterocycles. The highest BCUT2D eigenvalue weighted by molar-refractivity contribution is 5.74. The van der Waals surface area contributed by atoms with E-state index in [-0.39, 0.29) is 0 Å². The average molecular weight is 194 g/mol. The maximum atomic E-state index is 10.8. The van der Waals surface area contributed by atoms with Crippen molar-refractivity contribution in [1.29, 1.82) is 0 Å². The molecule has 1 heterocycles. The Morgan fingerprint density at radius 2 is 2.43 bits per heavy atom. The van der Waals surface area contributed by atoms with Crippen LogP contribution < -0.4 is 0 Å². The second-order valence-electron chi connectivity index (χ2n) is 3.85. The summed E-state index contributed by atoms with van der Waals surface area (Å²) in [5.41, 5.74) is 0.821. The van der Waals surface area contributed by atoms with Crippen molar-refractivity contribution in [3.05, 3.63) is 18.0 Å². The van der Waals surface area contributed by atoms with Crippen molar-refractivity contribution in [2.75, 3.05) is 0 Å². The SMILES string of the molecule is CC(C(=O)O)c1ccnn1C1CCC1. The molecule has 2 rings (SSSR count). The molecule has 0 saturated heterocycles. The maximum absolute atomic E-state index is 10.8. The fourth-order valence-electron chi connectivity index (χ4n) is 1.73. The Hall–Kier alpha value is -1.32. The van der Waals surface area contributed by atoms with E-state index >= 15 is 0 Å². The summed E-state index contributed by atoms with van der Waals surface area (Å²) < 4.78 is 1.88. The first-order chi connectivity index (χ1) is 6.70. The maximum Gasteiger partial charge on any atom is 0.312 e. The Balaban J connectivity index is 2.24. The normalized spacial score (nSPS) is 18.9.